The second-order valence-corrected chi connectivity index (χ2v) is 49.5. The molecule has 8 aliphatic rings. The van der Waals surface area contributed by atoms with Crippen molar-refractivity contribution in [2.75, 3.05) is 53.1 Å². The highest BCUT2D eigenvalue weighted by Crippen LogP contribution is 2.56. The normalized spacial score (nSPS) is 25.4. The number of carbonyl (C=O) groups is 4. The standard InChI is InChI=1S/2C26H40O3.C25H38O3.C24H36O5.C6H15ClSi.CH2Cl2/c2*1-5-6-7-9-18(2)12-13-22-19(3)14-21-16-24-20(15-23(21)22)10-8-11-25(24)29-17-26(27)28-4;1-4-5-6-8-17(2)11-12-21-18(3)13-20-15-23-19(14-22(20)21)9-7-10-24(23)28-16-25(26)27;1-3-4-5-8-18(25)10-11-19-20-12-16-7-6-9-23(29-15-24(27)28-2)21(16)13-17(20)14-22(19)26;1-6(2,3)8(4,5)7;2-1-3/h2*8,10-11,18-19,21-23H,5-7,9,12-17H2,1-4H3;7,9-10,17-18,20-22H,4-6,8,11-16H2,1-3H3,(H,26,27);6-7,9,17-20,22,25-26H,3-5,8,10-15H2,1-2H3;1-5H3;1H2/t2*18-,19+,21+,22-,23-;17-,18+,20+,21-,22-;17-,18-,19+,20-,22+;;/m0000../s1. The fraction of sp³-hybridized carbons (Fsp3) is 0.741. The number of esters is 3. The van der Waals surface area contributed by atoms with Gasteiger partial charge in [0.1, 0.15) is 23.0 Å². The lowest BCUT2D eigenvalue weighted by molar-refractivity contribution is -0.143. The highest BCUT2D eigenvalue weighted by Gasteiger charge is 2.49. The Morgan fingerprint density at radius 3 is 0.944 bits per heavy atom. The molecule has 20 atom stereocenters. The molecule has 12 rings (SSSR count). The Morgan fingerprint density at radius 2 is 0.675 bits per heavy atom. The van der Waals surface area contributed by atoms with Gasteiger partial charge in [0.05, 0.1) is 38.9 Å². The number of aliphatic hydroxyl groups excluding tert-OH is 2. The van der Waals surface area contributed by atoms with Crippen LogP contribution in [0.25, 0.3) is 0 Å². The summed E-state index contributed by atoms with van der Waals surface area (Å²) in [6, 6.07) is 24.9. The third kappa shape index (κ3) is 33.6. The van der Waals surface area contributed by atoms with Crippen molar-refractivity contribution in [1.29, 1.82) is 0 Å². The summed E-state index contributed by atoms with van der Waals surface area (Å²) in [7, 11) is 2.78. The number of aliphatic hydroxyl groups is 2. The van der Waals surface area contributed by atoms with E-state index in [1.165, 1.54) is 226 Å². The summed E-state index contributed by atoms with van der Waals surface area (Å²) in [5.41, 5.74) is 10.6. The van der Waals surface area contributed by atoms with Crippen LogP contribution in [-0.2, 0) is 84.8 Å². The first-order valence-corrected chi connectivity index (χ1v) is 54.9. The Hall–Kier alpha value is -5.03. The number of benzene rings is 4. The minimum atomic E-state index is -1.39. The number of aliphatic carboxylic acids is 1. The van der Waals surface area contributed by atoms with Gasteiger partial charge in [0.25, 0.3) is 0 Å². The van der Waals surface area contributed by atoms with Crippen LogP contribution in [0.4, 0.5) is 0 Å². The topological polar surface area (TPSA) is 194 Å². The van der Waals surface area contributed by atoms with Crippen molar-refractivity contribution in [3.8, 4) is 23.0 Å². The fourth-order valence-corrected chi connectivity index (χ4v) is 22.9. The highest BCUT2D eigenvalue weighted by molar-refractivity contribution is 7.20. The molecule has 0 unspecified atom stereocenters. The summed E-state index contributed by atoms with van der Waals surface area (Å²) in [5, 5.41) is 30.5. The summed E-state index contributed by atoms with van der Waals surface area (Å²) in [4.78, 5) is 45.3. The number of methoxy groups -OCH3 is 3. The van der Waals surface area contributed by atoms with E-state index in [4.69, 9.17) is 67.8 Å². The van der Waals surface area contributed by atoms with E-state index in [-0.39, 0.29) is 67.8 Å². The Balaban J connectivity index is 0.000000221. The Labute approximate surface area is 779 Å². The van der Waals surface area contributed by atoms with Crippen LogP contribution in [0.3, 0.4) is 0 Å². The van der Waals surface area contributed by atoms with Gasteiger partial charge in [-0.15, -0.1) is 23.2 Å². The molecule has 0 aromatic heterocycles. The Morgan fingerprint density at radius 1 is 0.413 bits per heavy atom. The number of unbranched alkanes of at least 4 members (excludes halogenated alkanes) is 8. The van der Waals surface area contributed by atoms with E-state index in [1.807, 2.05) is 36.4 Å². The SMILES string of the molecule is CC(C)(C)[Si](C)(C)Cl.CCCCC[C@H](C)CC[C@@H]1[C@H]2Cc3cccc(OCC(=O)O)c3C[C@H]2C[C@H]1C.CCCCC[C@H](C)CC[C@@H]1[C@H]2Cc3cccc(OCC(=O)OC)c3C[C@H]2C[C@H]1C.CCCCC[C@H](C)CC[C@@H]1[C@H]2Cc3cccc(OCC(=O)OC)c3C[C@H]2C[C@H]1C.CCCCC[C@H](O)CC[C@@H]1[C@H]2Cc3cccc(OCC(=O)OC)c3C[C@H]2C[C@H]1O.ClCCl. The summed E-state index contributed by atoms with van der Waals surface area (Å²) in [6.07, 6.45) is 43.5. The van der Waals surface area contributed by atoms with Crippen LogP contribution in [0.2, 0.25) is 18.1 Å². The van der Waals surface area contributed by atoms with Gasteiger partial charge < -0.3 is 48.5 Å². The molecule has 0 radical (unpaired) electrons. The molecule has 0 aliphatic heterocycles. The molecule has 4 aromatic carbocycles. The maximum atomic E-state index is 11.5. The van der Waals surface area contributed by atoms with E-state index >= 15 is 0 Å². The lowest BCUT2D eigenvalue weighted by Crippen LogP contribution is -2.29. The van der Waals surface area contributed by atoms with Crippen molar-refractivity contribution in [3.05, 3.63) is 117 Å². The summed E-state index contributed by atoms with van der Waals surface area (Å²) in [5.74, 6) is 14.8. The van der Waals surface area contributed by atoms with Gasteiger partial charge >= 0.3 is 23.9 Å². The number of carboxylic acids is 1. The minimum Gasteiger partial charge on any atom is -0.482 e. The van der Waals surface area contributed by atoms with Crippen LogP contribution < -0.4 is 18.9 Å². The molecule has 18 heteroatoms. The van der Waals surface area contributed by atoms with Crippen molar-refractivity contribution in [1.82, 2.24) is 0 Å². The Kier molecular flexibility index (Phi) is 47.5. The average molecular weight is 1830 g/mol. The van der Waals surface area contributed by atoms with Gasteiger partial charge in [0.2, 0.25) is 0 Å². The lowest BCUT2D eigenvalue weighted by atomic mass is 9.73. The minimum absolute atomic E-state index is 0.00397. The maximum absolute atomic E-state index is 11.5. The molecule has 126 heavy (non-hydrogen) atoms. The van der Waals surface area contributed by atoms with Crippen molar-refractivity contribution in [2.45, 2.75) is 351 Å². The molecule has 3 N–H and O–H groups in total. The zero-order valence-electron chi connectivity index (χ0n) is 81.4. The van der Waals surface area contributed by atoms with E-state index in [2.05, 4.69) is 144 Å². The first-order valence-electron chi connectivity index (χ1n) is 49.8. The van der Waals surface area contributed by atoms with Crippen LogP contribution in [0.1, 0.15) is 314 Å². The quantitative estimate of drug-likeness (QED) is 0.00951. The van der Waals surface area contributed by atoms with Crippen molar-refractivity contribution in [2.24, 2.45) is 107 Å². The van der Waals surface area contributed by atoms with E-state index in [0.717, 1.165) is 182 Å². The van der Waals surface area contributed by atoms with Gasteiger partial charge in [-0.25, -0.2) is 19.2 Å². The van der Waals surface area contributed by atoms with Crippen LogP contribution in [0.15, 0.2) is 72.8 Å². The molecule has 0 bridgehead atoms. The molecular weight excluding hydrogens is 1660 g/mol. The number of carboxylic acid groups (broad SMARTS) is 1. The van der Waals surface area contributed by atoms with Crippen molar-refractivity contribution >= 4 is 65.5 Å². The van der Waals surface area contributed by atoms with E-state index in [9.17, 15) is 29.4 Å². The Bertz CT molecular complexity index is 3550. The van der Waals surface area contributed by atoms with Crippen LogP contribution in [0.5, 0.6) is 23.0 Å². The predicted molar refractivity (Wildman–Crippen MR) is 522 cm³/mol. The highest BCUT2D eigenvalue weighted by atomic mass is 35.6. The number of alkyl halides is 2. The van der Waals surface area contributed by atoms with Crippen LogP contribution in [0, 0.1) is 107 Å². The number of ether oxygens (including phenoxy) is 7. The summed E-state index contributed by atoms with van der Waals surface area (Å²) in [6.45, 7) is 34.4. The van der Waals surface area contributed by atoms with Gasteiger partial charge in [0.15, 0.2) is 33.8 Å². The third-order valence-electron chi connectivity index (χ3n) is 31.2. The maximum Gasteiger partial charge on any atom is 0.343 e. The molecule has 0 spiro atoms. The molecule has 712 valence electrons. The van der Waals surface area contributed by atoms with Gasteiger partial charge in [-0.3, -0.25) is 0 Å². The van der Waals surface area contributed by atoms with E-state index in [0.29, 0.717) is 16.9 Å². The van der Waals surface area contributed by atoms with Crippen LogP contribution >= 0.6 is 34.3 Å². The van der Waals surface area contributed by atoms with E-state index < -0.39 is 13.4 Å². The fourth-order valence-electron chi connectivity index (χ4n) is 22.9. The molecule has 4 fully saturated rings. The lowest BCUT2D eigenvalue weighted by Gasteiger charge is -2.33. The zero-order chi connectivity index (χ0) is 92.2. The number of carbonyl (C=O) groups excluding carboxylic acids is 3. The van der Waals surface area contributed by atoms with Gasteiger partial charge in [-0.2, -0.15) is 11.1 Å². The number of hydrogen-bond donors (Lipinski definition) is 3. The molecule has 0 saturated heterocycles. The van der Waals surface area contributed by atoms with E-state index in [1.54, 1.807) is 0 Å². The smallest absolute Gasteiger partial charge is 0.343 e. The first-order chi connectivity index (χ1) is 60.2. The van der Waals surface area contributed by atoms with Crippen molar-refractivity contribution in [3.63, 3.8) is 0 Å². The summed E-state index contributed by atoms with van der Waals surface area (Å²) < 4.78 is 37.1. The molecule has 8 aliphatic carbocycles. The number of rotatable bonds is 40. The first kappa shape index (κ1) is 108. The molecular formula is C108H171Cl3O14Si. The number of fused-ring (bicyclic) bond motifs is 8. The molecule has 0 amide bonds. The monoisotopic (exact) mass is 1830 g/mol. The van der Waals surface area contributed by atoms with Gasteiger partial charge in [-0.05, 0) is 296 Å². The second-order valence-electron chi connectivity index (χ2n) is 41.4. The molecule has 14 nitrogen and oxygen atoms in total. The molecule has 0 heterocycles. The second kappa shape index (κ2) is 55.5. The van der Waals surface area contributed by atoms with Crippen LogP contribution in [-0.4, -0.2) is 112 Å². The largest absolute Gasteiger partial charge is 0.482 e. The molecule has 4 aromatic rings. The summed E-state index contributed by atoms with van der Waals surface area (Å²) >= 11 is 15.7. The van der Waals surface area contributed by atoms with Gasteiger partial charge in [-0.1, -0.05) is 267 Å². The zero-order valence-corrected chi connectivity index (χ0v) is 84.7. The number of hydrogen-bond acceptors (Lipinski definition) is 13. The number of halogens is 3. The molecule has 4 saturated carbocycles. The van der Waals surface area contributed by atoms with Crippen molar-refractivity contribution < 1.29 is 67.7 Å². The van der Waals surface area contributed by atoms with Gasteiger partial charge in [0, 0.05) is 0 Å². The third-order valence-corrected chi connectivity index (χ3v) is 36.5. The predicted octanol–water partition coefficient (Wildman–Crippen LogP) is 26.9. The average Bonchev–Trinajstić information content (AvgIpc) is 1.62.